The minimum atomic E-state index is -0.818. The highest BCUT2D eigenvalue weighted by molar-refractivity contribution is 5.91. The number of methoxy groups -OCH3 is 1. The number of ether oxygens (including phenoxy) is 2. The van der Waals surface area contributed by atoms with Crippen LogP contribution in [0, 0.1) is 23.0 Å². The zero-order valence-corrected chi connectivity index (χ0v) is 13.4. The Morgan fingerprint density at radius 2 is 2.00 bits per heavy atom. The van der Waals surface area contributed by atoms with Gasteiger partial charge in [-0.2, -0.15) is 10.4 Å². The van der Waals surface area contributed by atoms with Gasteiger partial charge in [0.1, 0.15) is 11.5 Å². The first-order valence-electron chi connectivity index (χ1n) is 7.32. The van der Waals surface area contributed by atoms with Gasteiger partial charge in [0.05, 0.1) is 30.5 Å². The van der Waals surface area contributed by atoms with E-state index in [2.05, 4.69) is 5.10 Å². The van der Waals surface area contributed by atoms with E-state index in [-0.39, 0.29) is 22.7 Å². The zero-order chi connectivity index (χ0) is 18.7. The molecule has 0 amide bonds. The van der Waals surface area contributed by atoms with Gasteiger partial charge in [0, 0.05) is 18.3 Å². The molecule has 0 saturated carbocycles. The Balaban J connectivity index is 1.84. The smallest absolute Gasteiger partial charge is 0.346 e. The van der Waals surface area contributed by atoms with E-state index < -0.39 is 17.6 Å². The molecular formula is C18H11F2N3O3. The maximum Gasteiger partial charge on any atom is 0.346 e. The fourth-order valence-electron chi connectivity index (χ4n) is 2.21. The number of hydrogen-bond acceptors (Lipinski definition) is 5. The van der Waals surface area contributed by atoms with Crippen LogP contribution in [-0.4, -0.2) is 22.9 Å². The minimum absolute atomic E-state index is 0.0126. The number of benzene rings is 2. The summed E-state index contributed by atoms with van der Waals surface area (Å²) >= 11 is 0. The summed E-state index contributed by atoms with van der Waals surface area (Å²) in [4.78, 5) is 12.3. The van der Waals surface area contributed by atoms with Crippen LogP contribution < -0.4 is 9.47 Å². The van der Waals surface area contributed by atoms with Gasteiger partial charge in [-0.15, -0.1) is 0 Å². The summed E-state index contributed by atoms with van der Waals surface area (Å²) in [6.45, 7) is 0. The molecule has 2 aromatic carbocycles. The Labute approximate surface area is 146 Å². The van der Waals surface area contributed by atoms with Crippen molar-refractivity contribution in [3.05, 3.63) is 71.6 Å². The van der Waals surface area contributed by atoms with Crippen LogP contribution in [0.15, 0.2) is 48.8 Å². The highest BCUT2D eigenvalue weighted by Gasteiger charge is 2.16. The lowest BCUT2D eigenvalue weighted by atomic mass is 10.2. The average molecular weight is 355 g/mol. The summed E-state index contributed by atoms with van der Waals surface area (Å²) in [6, 6.07) is 9.29. The van der Waals surface area contributed by atoms with Crippen LogP contribution in [0.4, 0.5) is 8.78 Å². The topological polar surface area (TPSA) is 77.1 Å². The minimum Gasteiger partial charge on any atom is -0.493 e. The molecule has 0 aliphatic rings. The van der Waals surface area contributed by atoms with E-state index in [1.54, 1.807) is 0 Å². The van der Waals surface area contributed by atoms with Crippen molar-refractivity contribution < 1.29 is 23.0 Å². The molecule has 3 aromatic rings. The molecule has 0 radical (unpaired) electrons. The maximum absolute atomic E-state index is 13.8. The largest absolute Gasteiger partial charge is 0.493 e. The van der Waals surface area contributed by atoms with E-state index in [1.807, 2.05) is 6.07 Å². The number of rotatable bonds is 4. The van der Waals surface area contributed by atoms with Crippen LogP contribution in [0.3, 0.4) is 0 Å². The molecule has 0 N–H and O–H groups in total. The predicted molar refractivity (Wildman–Crippen MR) is 86.1 cm³/mol. The summed E-state index contributed by atoms with van der Waals surface area (Å²) in [5, 5.41) is 12.8. The molecule has 0 aliphatic heterocycles. The number of nitrogens with zero attached hydrogens (tertiary/aromatic N) is 3. The van der Waals surface area contributed by atoms with E-state index in [9.17, 15) is 13.6 Å². The standard InChI is InChI=1S/C18H11F2N3O3/c1-25-17-6-11(8-21)2-5-16(17)26-18(24)12-9-22-23(10-12)15-4-3-13(19)7-14(15)20/h2-7,9-10H,1H3. The van der Waals surface area contributed by atoms with Crippen molar-refractivity contribution in [1.29, 1.82) is 5.26 Å². The molecule has 0 unspecified atom stereocenters. The summed E-state index contributed by atoms with van der Waals surface area (Å²) in [6.07, 6.45) is 2.45. The molecule has 0 aliphatic carbocycles. The van der Waals surface area contributed by atoms with Gasteiger partial charge in [0.15, 0.2) is 17.3 Å². The summed E-state index contributed by atoms with van der Waals surface area (Å²) < 4.78 is 38.2. The summed E-state index contributed by atoms with van der Waals surface area (Å²) in [5.41, 5.74) is 0.391. The van der Waals surface area contributed by atoms with E-state index in [1.165, 1.54) is 43.8 Å². The number of carbonyl (C=O) groups is 1. The lowest BCUT2D eigenvalue weighted by molar-refractivity contribution is 0.0729. The van der Waals surface area contributed by atoms with Gasteiger partial charge in [-0.25, -0.2) is 18.3 Å². The molecule has 1 heterocycles. The second-order valence-corrected chi connectivity index (χ2v) is 5.14. The molecule has 6 nitrogen and oxygen atoms in total. The average Bonchev–Trinajstić information content (AvgIpc) is 3.12. The van der Waals surface area contributed by atoms with E-state index in [0.717, 1.165) is 16.8 Å². The van der Waals surface area contributed by atoms with Crippen molar-refractivity contribution >= 4 is 5.97 Å². The Hall–Kier alpha value is -3.73. The number of nitriles is 1. The zero-order valence-electron chi connectivity index (χ0n) is 13.4. The molecule has 26 heavy (non-hydrogen) atoms. The van der Waals surface area contributed by atoms with Gasteiger partial charge in [-0.1, -0.05) is 0 Å². The summed E-state index contributed by atoms with van der Waals surface area (Å²) in [5.74, 6) is -1.94. The third kappa shape index (κ3) is 3.37. The van der Waals surface area contributed by atoms with Crippen LogP contribution in [0.2, 0.25) is 0 Å². The van der Waals surface area contributed by atoms with Crippen molar-refractivity contribution in [2.75, 3.05) is 7.11 Å². The van der Waals surface area contributed by atoms with E-state index in [0.29, 0.717) is 5.56 Å². The number of halogens is 2. The Bertz CT molecular complexity index is 1020. The first-order chi connectivity index (χ1) is 12.5. The SMILES string of the molecule is COc1cc(C#N)ccc1OC(=O)c1cnn(-c2ccc(F)cc2F)c1. The van der Waals surface area contributed by atoms with Gasteiger partial charge in [-0.3, -0.25) is 0 Å². The molecule has 0 atom stereocenters. The normalized spacial score (nSPS) is 10.2. The fraction of sp³-hybridized carbons (Fsp3) is 0.0556. The Kier molecular flexibility index (Phi) is 4.62. The van der Waals surface area contributed by atoms with Crippen molar-refractivity contribution in [3.8, 4) is 23.3 Å². The molecular weight excluding hydrogens is 344 g/mol. The van der Waals surface area contributed by atoms with Crippen molar-refractivity contribution in [1.82, 2.24) is 9.78 Å². The summed E-state index contributed by atoms with van der Waals surface area (Å²) in [7, 11) is 1.38. The fourth-order valence-corrected chi connectivity index (χ4v) is 2.21. The molecule has 3 rings (SSSR count). The van der Waals surface area contributed by atoms with Crippen molar-refractivity contribution in [2.45, 2.75) is 0 Å². The number of esters is 1. The molecule has 0 bridgehead atoms. The lowest BCUT2D eigenvalue weighted by Crippen LogP contribution is -2.08. The highest BCUT2D eigenvalue weighted by Crippen LogP contribution is 2.28. The second-order valence-electron chi connectivity index (χ2n) is 5.14. The van der Waals surface area contributed by atoms with E-state index >= 15 is 0 Å². The third-order valence-electron chi connectivity index (χ3n) is 3.47. The number of carbonyl (C=O) groups excluding carboxylic acids is 1. The molecule has 130 valence electrons. The third-order valence-corrected chi connectivity index (χ3v) is 3.47. The highest BCUT2D eigenvalue weighted by atomic mass is 19.1. The number of hydrogen-bond donors (Lipinski definition) is 0. The van der Waals surface area contributed by atoms with Crippen molar-refractivity contribution in [2.24, 2.45) is 0 Å². The van der Waals surface area contributed by atoms with Crippen LogP contribution in [0.1, 0.15) is 15.9 Å². The maximum atomic E-state index is 13.8. The Morgan fingerprint density at radius 3 is 2.69 bits per heavy atom. The van der Waals surface area contributed by atoms with Crippen LogP contribution in [0.5, 0.6) is 11.5 Å². The van der Waals surface area contributed by atoms with Gasteiger partial charge < -0.3 is 9.47 Å². The van der Waals surface area contributed by atoms with Gasteiger partial charge in [-0.05, 0) is 24.3 Å². The molecule has 8 heteroatoms. The van der Waals surface area contributed by atoms with Crippen molar-refractivity contribution in [3.63, 3.8) is 0 Å². The Morgan fingerprint density at radius 1 is 1.19 bits per heavy atom. The van der Waals surface area contributed by atoms with Crippen LogP contribution in [0.25, 0.3) is 5.69 Å². The molecule has 0 spiro atoms. The monoisotopic (exact) mass is 355 g/mol. The van der Waals surface area contributed by atoms with Crippen LogP contribution >= 0.6 is 0 Å². The van der Waals surface area contributed by atoms with E-state index in [4.69, 9.17) is 14.7 Å². The predicted octanol–water partition coefficient (Wildman–Crippen LogP) is 3.25. The lowest BCUT2D eigenvalue weighted by Gasteiger charge is -2.08. The quantitative estimate of drug-likeness (QED) is 0.530. The van der Waals surface area contributed by atoms with Gasteiger partial charge >= 0.3 is 5.97 Å². The van der Waals surface area contributed by atoms with Crippen LogP contribution in [-0.2, 0) is 0 Å². The molecule has 0 saturated heterocycles. The van der Waals surface area contributed by atoms with Gasteiger partial charge in [0.2, 0.25) is 0 Å². The second kappa shape index (κ2) is 7.03. The number of aromatic nitrogens is 2. The first-order valence-corrected chi connectivity index (χ1v) is 7.32. The first kappa shape index (κ1) is 17.1. The molecule has 1 aromatic heterocycles. The van der Waals surface area contributed by atoms with Gasteiger partial charge in [0.25, 0.3) is 0 Å². The molecule has 0 fully saturated rings.